The van der Waals surface area contributed by atoms with Gasteiger partial charge in [-0.05, 0) is 38.0 Å². The summed E-state index contributed by atoms with van der Waals surface area (Å²) in [5, 5.41) is 22.9. The molecule has 0 spiro atoms. The Morgan fingerprint density at radius 1 is 1.45 bits per heavy atom. The number of carbonyl (C=O) groups is 1. The molecular weight excluding hydrogens is 252 g/mol. The van der Waals surface area contributed by atoms with Crippen molar-refractivity contribution < 1.29 is 9.90 Å². The second kappa shape index (κ2) is 7.08. The third-order valence-electron chi connectivity index (χ3n) is 4.53. The minimum absolute atomic E-state index is 0.102. The Morgan fingerprint density at radius 3 is 2.45 bits per heavy atom. The van der Waals surface area contributed by atoms with Gasteiger partial charge in [-0.2, -0.15) is 5.26 Å². The van der Waals surface area contributed by atoms with E-state index in [9.17, 15) is 15.2 Å². The molecule has 4 heteroatoms. The number of nitrogens with one attached hydrogen (secondary N) is 1. The molecule has 0 aromatic rings. The van der Waals surface area contributed by atoms with Crippen molar-refractivity contribution in [2.24, 2.45) is 5.92 Å². The van der Waals surface area contributed by atoms with Gasteiger partial charge in [-0.3, -0.25) is 4.79 Å². The maximum absolute atomic E-state index is 12.3. The third-order valence-corrected chi connectivity index (χ3v) is 4.53. The zero-order valence-electron chi connectivity index (χ0n) is 13.0. The van der Waals surface area contributed by atoms with Gasteiger partial charge in [-0.1, -0.05) is 33.6 Å². The van der Waals surface area contributed by atoms with Crippen LogP contribution in [0.1, 0.15) is 72.1 Å². The Balaban J connectivity index is 2.68. The van der Waals surface area contributed by atoms with E-state index in [1.54, 1.807) is 0 Å². The van der Waals surface area contributed by atoms with Crippen LogP contribution in [0.4, 0.5) is 0 Å². The standard InChI is InChI=1S/C16H28N2O2/c1-4-8-15(20,9-5-2)11-14(19)18-16(12-17)10-6-7-13(16)3/h13,20H,4-11H2,1-3H3,(H,18,19). The highest BCUT2D eigenvalue weighted by atomic mass is 16.3. The molecule has 0 bridgehead atoms. The largest absolute Gasteiger partial charge is 0.389 e. The fourth-order valence-corrected chi connectivity index (χ4v) is 3.38. The molecule has 1 amide bonds. The molecule has 2 unspecified atom stereocenters. The minimum atomic E-state index is -0.925. The Bertz CT molecular complexity index is 369. The van der Waals surface area contributed by atoms with Gasteiger partial charge in [0.05, 0.1) is 18.1 Å². The number of rotatable bonds is 7. The molecule has 4 nitrogen and oxygen atoms in total. The predicted molar refractivity (Wildman–Crippen MR) is 78.9 cm³/mol. The zero-order chi connectivity index (χ0) is 15.2. The maximum Gasteiger partial charge on any atom is 0.224 e. The lowest BCUT2D eigenvalue weighted by Crippen LogP contribution is -2.51. The first-order valence-electron chi connectivity index (χ1n) is 7.86. The van der Waals surface area contributed by atoms with Crippen LogP contribution in [0.5, 0.6) is 0 Å². The van der Waals surface area contributed by atoms with Crippen molar-refractivity contribution in [3.05, 3.63) is 0 Å². The molecule has 1 aliphatic rings. The zero-order valence-corrected chi connectivity index (χ0v) is 13.0. The minimum Gasteiger partial charge on any atom is -0.389 e. The molecule has 0 aromatic carbocycles. The Kier molecular flexibility index (Phi) is 6.01. The first-order chi connectivity index (χ1) is 9.41. The molecule has 2 atom stereocenters. The molecule has 1 aliphatic carbocycles. The highest BCUT2D eigenvalue weighted by Gasteiger charge is 2.42. The van der Waals surface area contributed by atoms with Crippen molar-refractivity contribution in [1.82, 2.24) is 5.32 Å². The molecule has 0 aromatic heterocycles. The first kappa shape index (κ1) is 17.0. The van der Waals surface area contributed by atoms with Crippen molar-refractivity contribution in [3.63, 3.8) is 0 Å². The second-order valence-corrected chi connectivity index (χ2v) is 6.33. The smallest absolute Gasteiger partial charge is 0.224 e. The van der Waals surface area contributed by atoms with E-state index in [1.807, 2.05) is 20.8 Å². The van der Waals surface area contributed by atoms with Crippen LogP contribution in [0.15, 0.2) is 0 Å². The molecule has 1 fully saturated rings. The summed E-state index contributed by atoms with van der Waals surface area (Å²) in [6.45, 7) is 6.03. The summed E-state index contributed by atoms with van der Waals surface area (Å²) in [6, 6.07) is 2.29. The van der Waals surface area contributed by atoms with Crippen LogP contribution >= 0.6 is 0 Å². The number of nitrogens with zero attached hydrogens (tertiary/aromatic N) is 1. The Labute approximate surface area is 122 Å². The van der Waals surface area contributed by atoms with E-state index in [0.29, 0.717) is 12.8 Å². The van der Waals surface area contributed by atoms with Gasteiger partial charge >= 0.3 is 0 Å². The Morgan fingerprint density at radius 2 is 2.05 bits per heavy atom. The molecule has 20 heavy (non-hydrogen) atoms. The van der Waals surface area contributed by atoms with Gasteiger partial charge in [0.15, 0.2) is 0 Å². The number of hydrogen-bond donors (Lipinski definition) is 2. The van der Waals surface area contributed by atoms with Crippen LogP contribution < -0.4 is 5.32 Å². The van der Waals surface area contributed by atoms with Crippen molar-refractivity contribution in [3.8, 4) is 6.07 Å². The van der Waals surface area contributed by atoms with E-state index in [0.717, 1.165) is 32.1 Å². The average Bonchev–Trinajstić information content (AvgIpc) is 2.71. The highest BCUT2D eigenvalue weighted by Crippen LogP contribution is 2.35. The van der Waals surface area contributed by atoms with E-state index in [4.69, 9.17) is 0 Å². The molecular formula is C16H28N2O2. The van der Waals surface area contributed by atoms with Crippen LogP contribution in [0, 0.1) is 17.2 Å². The van der Waals surface area contributed by atoms with Crippen LogP contribution in [0.2, 0.25) is 0 Å². The summed E-state index contributed by atoms with van der Waals surface area (Å²) >= 11 is 0. The average molecular weight is 280 g/mol. The van der Waals surface area contributed by atoms with Gasteiger partial charge in [0, 0.05) is 0 Å². The van der Waals surface area contributed by atoms with E-state index in [1.165, 1.54) is 0 Å². The molecule has 2 N–H and O–H groups in total. The van der Waals surface area contributed by atoms with Crippen LogP contribution in [-0.2, 0) is 4.79 Å². The van der Waals surface area contributed by atoms with Crippen LogP contribution in [-0.4, -0.2) is 22.2 Å². The predicted octanol–water partition coefficient (Wildman–Crippen LogP) is 2.91. The van der Waals surface area contributed by atoms with E-state index in [2.05, 4.69) is 11.4 Å². The van der Waals surface area contributed by atoms with E-state index >= 15 is 0 Å². The molecule has 1 saturated carbocycles. The molecule has 0 radical (unpaired) electrons. The van der Waals surface area contributed by atoms with Gasteiger partial charge < -0.3 is 10.4 Å². The lowest BCUT2D eigenvalue weighted by atomic mass is 9.86. The fraction of sp³-hybridized carbons (Fsp3) is 0.875. The SMILES string of the molecule is CCCC(O)(CCC)CC(=O)NC1(C#N)CCCC1C. The monoisotopic (exact) mass is 280 g/mol. The molecule has 114 valence electrons. The number of hydrogen-bond acceptors (Lipinski definition) is 3. The number of nitriles is 1. The summed E-state index contributed by atoms with van der Waals surface area (Å²) in [7, 11) is 0. The van der Waals surface area contributed by atoms with Gasteiger partial charge in [-0.15, -0.1) is 0 Å². The van der Waals surface area contributed by atoms with E-state index < -0.39 is 11.1 Å². The van der Waals surface area contributed by atoms with Gasteiger partial charge in [0.25, 0.3) is 0 Å². The number of aliphatic hydroxyl groups is 1. The summed E-state index contributed by atoms with van der Waals surface area (Å²) in [5.74, 6) is -0.00778. The van der Waals surface area contributed by atoms with Gasteiger partial charge in [0.1, 0.15) is 5.54 Å². The van der Waals surface area contributed by atoms with E-state index in [-0.39, 0.29) is 18.2 Å². The Hall–Kier alpha value is -1.08. The summed E-state index contributed by atoms with van der Waals surface area (Å²) in [4.78, 5) is 12.3. The summed E-state index contributed by atoms with van der Waals surface area (Å²) in [6.07, 6.45) is 5.73. The molecule has 0 aliphatic heterocycles. The normalized spacial score (nSPS) is 26.2. The van der Waals surface area contributed by atoms with Crippen molar-refractivity contribution in [2.45, 2.75) is 83.3 Å². The number of carbonyl (C=O) groups excluding carboxylic acids is 1. The van der Waals surface area contributed by atoms with Crippen molar-refractivity contribution >= 4 is 5.91 Å². The second-order valence-electron chi connectivity index (χ2n) is 6.33. The fourth-order valence-electron chi connectivity index (χ4n) is 3.38. The summed E-state index contributed by atoms with van der Waals surface area (Å²) in [5.41, 5.74) is -1.65. The molecule has 0 saturated heterocycles. The topological polar surface area (TPSA) is 73.1 Å². The third kappa shape index (κ3) is 3.96. The number of amides is 1. The van der Waals surface area contributed by atoms with Crippen molar-refractivity contribution in [1.29, 1.82) is 5.26 Å². The maximum atomic E-state index is 12.3. The highest BCUT2D eigenvalue weighted by molar-refractivity contribution is 5.78. The quantitative estimate of drug-likeness (QED) is 0.753. The van der Waals surface area contributed by atoms with Crippen LogP contribution in [0.25, 0.3) is 0 Å². The lowest BCUT2D eigenvalue weighted by molar-refractivity contribution is -0.128. The van der Waals surface area contributed by atoms with Crippen LogP contribution in [0.3, 0.4) is 0 Å². The molecule has 1 rings (SSSR count). The van der Waals surface area contributed by atoms with Crippen molar-refractivity contribution in [2.75, 3.05) is 0 Å². The molecule has 0 heterocycles. The van der Waals surface area contributed by atoms with Gasteiger partial charge in [-0.25, -0.2) is 0 Å². The van der Waals surface area contributed by atoms with Gasteiger partial charge in [0.2, 0.25) is 5.91 Å². The summed E-state index contributed by atoms with van der Waals surface area (Å²) < 4.78 is 0. The first-order valence-corrected chi connectivity index (χ1v) is 7.86. The lowest BCUT2D eigenvalue weighted by Gasteiger charge is -2.31.